The summed E-state index contributed by atoms with van der Waals surface area (Å²) in [6.45, 7) is 1.99. The Bertz CT molecular complexity index is 1130. The third kappa shape index (κ3) is 3.23. The Morgan fingerprint density at radius 2 is 1.92 bits per heavy atom. The predicted octanol–water partition coefficient (Wildman–Crippen LogP) is 4.34. The molecule has 0 radical (unpaired) electrons. The molecule has 1 aromatic carbocycles. The topological polar surface area (TPSA) is 64.8 Å². The molecular weight excluding hydrogens is 386 g/mol. The number of sulfone groups is 1. The van der Waals surface area contributed by atoms with Crippen molar-refractivity contribution in [3.05, 3.63) is 70.7 Å². The second-order valence-corrected chi connectivity index (χ2v) is 9.76. The number of nitrogens with zero attached hydrogens (tertiary/aromatic N) is 3. The van der Waals surface area contributed by atoms with E-state index in [0.29, 0.717) is 5.69 Å². The van der Waals surface area contributed by atoms with Crippen LogP contribution in [0.2, 0.25) is 0 Å². The number of thiazole rings is 1. The molecule has 0 saturated heterocycles. The molecule has 0 atom stereocenters. The average molecular weight is 402 g/mol. The highest BCUT2D eigenvalue weighted by molar-refractivity contribution is 7.92. The maximum atomic E-state index is 12.7. The minimum atomic E-state index is -3.52. The Morgan fingerprint density at radius 1 is 1.08 bits per heavy atom. The van der Waals surface area contributed by atoms with E-state index in [4.69, 9.17) is 5.10 Å². The average Bonchev–Trinajstić information content (AvgIpc) is 3.37. The van der Waals surface area contributed by atoms with Gasteiger partial charge in [-0.25, -0.2) is 18.1 Å². The first-order valence-corrected chi connectivity index (χ1v) is 11.3. The first kappa shape index (κ1) is 17.1. The SMILES string of the molecule is Cc1ccccc1-n1nc(-c2cccs2)cc1CS(=O)(=O)c1nccs1. The number of hydrogen-bond acceptors (Lipinski definition) is 6. The van der Waals surface area contributed by atoms with Crippen molar-refractivity contribution in [2.24, 2.45) is 0 Å². The van der Waals surface area contributed by atoms with Crippen LogP contribution in [-0.4, -0.2) is 23.2 Å². The Morgan fingerprint density at radius 3 is 2.62 bits per heavy atom. The van der Waals surface area contributed by atoms with Crippen molar-refractivity contribution >= 4 is 32.5 Å². The minimum absolute atomic E-state index is 0.132. The van der Waals surface area contributed by atoms with Crippen molar-refractivity contribution in [2.75, 3.05) is 0 Å². The Kier molecular flexibility index (Phi) is 4.47. The van der Waals surface area contributed by atoms with Crippen LogP contribution in [-0.2, 0) is 15.6 Å². The van der Waals surface area contributed by atoms with Gasteiger partial charge in [0.2, 0.25) is 14.2 Å². The summed E-state index contributed by atoms with van der Waals surface area (Å²) in [5.74, 6) is -0.146. The first-order chi connectivity index (χ1) is 12.5. The van der Waals surface area contributed by atoms with Gasteiger partial charge in [-0.05, 0) is 36.1 Å². The molecular formula is C18H15N3O2S3. The lowest BCUT2D eigenvalue weighted by Gasteiger charge is -2.10. The fourth-order valence-corrected chi connectivity index (χ4v) is 5.61. The summed E-state index contributed by atoms with van der Waals surface area (Å²) in [5, 5.41) is 8.34. The van der Waals surface area contributed by atoms with Crippen LogP contribution in [0, 0.1) is 6.92 Å². The second-order valence-electron chi connectivity index (χ2n) is 5.75. The number of benzene rings is 1. The highest BCUT2D eigenvalue weighted by Gasteiger charge is 2.23. The molecule has 26 heavy (non-hydrogen) atoms. The minimum Gasteiger partial charge on any atom is -0.236 e. The van der Waals surface area contributed by atoms with Crippen LogP contribution in [0.5, 0.6) is 0 Å². The van der Waals surface area contributed by atoms with E-state index in [1.54, 1.807) is 21.4 Å². The summed E-state index contributed by atoms with van der Waals surface area (Å²) in [7, 11) is -3.52. The molecule has 0 aliphatic carbocycles. The molecule has 132 valence electrons. The second kappa shape index (κ2) is 6.79. The van der Waals surface area contributed by atoms with Crippen LogP contribution in [0.4, 0.5) is 0 Å². The lowest BCUT2D eigenvalue weighted by molar-refractivity contribution is 0.592. The van der Waals surface area contributed by atoms with Gasteiger partial charge in [-0.1, -0.05) is 24.3 Å². The monoisotopic (exact) mass is 401 g/mol. The molecule has 4 aromatic rings. The van der Waals surface area contributed by atoms with Gasteiger partial charge in [0.05, 0.1) is 22.0 Å². The van der Waals surface area contributed by atoms with Crippen LogP contribution in [0.15, 0.2) is 63.8 Å². The number of rotatable bonds is 5. The van der Waals surface area contributed by atoms with Crippen LogP contribution in [0.25, 0.3) is 16.3 Å². The highest BCUT2D eigenvalue weighted by atomic mass is 32.2. The molecule has 3 aromatic heterocycles. The van der Waals surface area contributed by atoms with E-state index in [1.165, 1.54) is 6.20 Å². The van der Waals surface area contributed by atoms with Crippen LogP contribution < -0.4 is 0 Å². The molecule has 5 nitrogen and oxygen atoms in total. The molecule has 0 N–H and O–H groups in total. The maximum Gasteiger partial charge on any atom is 0.211 e. The standard InChI is InChI=1S/C18H15N3O2S3/c1-13-5-2-3-6-16(13)21-14(11-15(20-21)17-7-4-9-24-17)12-26(22,23)18-19-8-10-25-18/h2-11H,12H2,1H3. The molecule has 0 spiro atoms. The number of para-hydroxylation sites is 1. The summed E-state index contributed by atoms with van der Waals surface area (Å²) >= 11 is 2.71. The molecule has 0 amide bonds. The van der Waals surface area contributed by atoms with E-state index in [9.17, 15) is 8.42 Å². The van der Waals surface area contributed by atoms with Crippen molar-refractivity contribution in [3.8, 4) is 16.3 Å². The largest absolute Gasteiger partial charge is 0.236 e. The van der Waals surface area contributed by atoms with Crippen molar-refractivity contribution in [3.63, 3.8) is 0 Å². The third-order valence-corrected chi connectivity index (χ3v) is 7.74. The van der Waals surface area contributed by atoms with Gasteiger partial charge in [-0.2, -0.15) is 5.10 Å². The van der Waals surface area contributed by atoms with Gasteiger partial charge in [-0.15, -0.1) is 22.7 Å². The molecule has 4 rings (SSSR count). The lowest BCUT2D eigenvalue weighted by Crippen LogP contribution is -2.10. The fraction of sp³-hybridized carbons (Fsp3) is 0.111. The normalized spacial score (nSPS) is 11.7. The summed E-state index contributed by atoms with van der Waals surface area (Å²) in [5.41, 5.74) is 3.30. The first-order valence-electron chi connectivity index (χ1n) is 7.86. The Labute approximate surface area is 159 Å². The van der Waals surface area contributed by atoms with Crippen LogP contribution >= 0.6 is 22.7 Å². The summed E-state index contributed by atoms with van der Waals surface area (Å²) < 4.78 is 27.3. The lowest BCUT2D eigenvalue weighted by atomic mass is 10.2. The van der Waals surface area contributed by atoms with Crippen molar-refractivity contribution in [2.45, 2.75) is 17.0 Å². The van der Waals surface area contributed by atoms with Gasteiger partial charge < -0.3 is 0 Å². The molecule has 8 heteroatoms. The van der Waals surface area contributed by atoms with E-state index in [2.05, 4.69) is 4.98 Å². The number of hydrogen-bond donors (Lipinski definition) is 0. The maximum absolute atomic E-state index is 12.7. The van der Waals surface area contributed by atoms with Gasteiger partial charge in [-0.3, -0.25) is 0 Å². The predicted molar refractivity (Wildman–Crippen MR) is 105 cm³/mol. The van der Waals surface area contributed by atoms with E-state index in [-0.39, 0.29) is 10.1 Å². The zero-order valence-corrected chi connectivity index (χ0v) is 16.3. The zero-order valence-electron chi connectivity index (χ0n) is 13.9. The molecule has 0 saturated carbocycles. The highest BCUT2D eigenvalue weighted by Crippen LogP contribution is 2.28. The molecule has 0 unspecified atom stereocenters. The summed E-state index contributed by atoms with van der Waals surface area (Å²) in [4.78, 5) is 4.97. The summed E-state index contributed by atoms with van der Waals surface area (Å²) in [6, 6.07) is 13.6. The zero-order chi connectivity index (χ0) is 18.1. The van der Waals surface area contributed by atoms with Crippen LogP contribution in [0.1, 0.15) is 11.3 Å². The molecule has 0 aliphatic rings. The van der Waals surface area contributed by atoms with Gasteiger partial charge in [0, 0.05) is 11.6 Å². The third-order valence-electron chi connectivity index (χ3n) is 3.91. The van der Waals surface area contributed by atoms with Crippen molar-refractivity contribution < 1.29 is 8.42 Å². The number of thiophene rings is 1. The van der Waals surface area contributed by atoms with Gasteiger partial charge in [0.1, 0.15) is 5.69 Å². The van der Waals surface area contributed by atoms with E-state index < -0.39 is 9.84 Å². The van der Waals surface area contributed by atoms with E-state index >= 15 is 0 Å². The molecule has 0 fully saturated rings. The van der Waals surface area contributed by atoms with Gasteiger partial charge in [0.15, 0.2) is 0 Å². The molecule has 3 heterocycles. The summed E-state index contributed by atoms with van der Waals surface area (Å²) in [6.07, 6.45) is 1.51. The van der Waals surface area contributed by atoms with Crippen molar-refractivity contribution in [1.29, 1.82) is 0 Å². The van der Waals surface area contributed by atoms with E-state index in [1.807, 2.05) is 54.8 Å². The van der Waals surface area contributed by atoms with Gasteiger partial charge >= 0.3 is 0 Å². The quantitative estimate of drug-likeness (QED) is 0.499. The van der Waals surface area contributed by atoms with E-state index in [0.717, 1.165) is 33.2 Å². The van der Waals surface area contributed by atoms with Gasteiger partial charge in [0.25, 0.3) is 0 Å². The smallest absolute Gasteiger partial charge is 0.211 e. The number of aryl methyl sites for hydroxylation is 1. The molecule has 0 aliphatic heterocycles. The molecule has 0 bridgehead atoms. The number of aromatic nitrogens is 3. The Balaban J connectivity index is 1.84. The van der Waals surface area contributed by atoms with Crippen LogP contribution in [0.3, 0.4) is 0 Å². The Hall–Kier alpha value is -2.29. The fourth-order valence-electron chi connectivity index (χ4n) is 2.70. The van der Waals surface area contributed by atoms with Crippen molar-refractivity contribution in [1.82, 2.24) is 14.8 Å².